The number of hydrogen-bond acceptors (Lipinski definition) is 3. The van der Waals surface area contributed by atoms with Gasteiger partial charge in [0, 0.05) is 13.2 Å². The smallest absolute Gasteiger partial charge is 0.239 e. The van der Waals surface area contributed by atoms with E-state index in [0.29, 0.717) is 6.54 Å². The summed E-state index contributed by atoms with van der Waals surface area (Å²) in [5.74, 6) is 0.0403. The summed E-state index contributed by atoms with van der Waals surface area (Å²) in [7, 11) is 0. The number of aliphatic hydroxyl groups is 1. The van der Waals surface area contributed by atoms with Gasteiger partial charge in [0.15, 0.2) is 0 Å². The normalized spacial score (nSPS) is 18.2. The van der Waals surface area contributed by atoms with Gasteiger partial charge in [-0.1, -0.05) is 6.92 Å². The Balaban J connectivity index is 2.35. The summed E-state index contributed by atoms with van der Waals surface area (Å²) in [4.78, 5) is 11.9. The van der Waals surface area contributed by atoms with E-state index in [4.69, 9.17) is 5.11 Å². The predicted molar refractivity (Wildman–Crippen MR) is 64.1 cm³/mol. The summed E-state index contributed by atoms with van der Waals surface area (Å²) in [5.41, 5.74) is -0.323. The van der Waals surface area contributed by atoms with Crippen LogP contribution in [-0.2, 0) is 4.79 Å². The largest absolute Gasteiger partial charge is 0.396 e. The lowest BCUT2D eigenvalue weighted by molar-refractivity contribution is -0.126. The average molecular weight is 228 g/mol. The number of likely N-dealkylation sites (N-methyl/N-ethyl adjacent to an activating group) is 1. The molecule has 0 aromatic rings. The molecule has 1 rings (SSSR count). The summed E-state index contributed by atoms with van der Waals surface area (Å²) in [6.07, 6.45) is 3.04. The Hall–Kier alpha value is -0.610. The molecule has 0 radical (unpaired) electrons. The van der Waals surface area contributed by atoms with Crippen molar-refractivity contribution >= 4 is 5.91 Å². The molecule has 0 aromatic carbocycles. The topological polar surface area (TPSA) is 61.4 Å². The number of aliphatic hydroxyl groups excluding tert-OH is 1. The lowest BCUT2D eigenvalue weighted by Gasteiger charge is -2.26. The molecule has 0 unspecified atom stereocenters. The molecule has 1 fully saturated rings. The highest BCUT2D eigenvalue weighted by Crippen LogP contribution is 2.47. The van der Waals surface area contributed by atoms with E-state index in [-0.39, 0.29) is 17.9 Å². The van der Waals surface area contributed by atoms with Crippen LogP contribution in [0.15, 0.2) is 0 Å². The van der Waals surface area contributed by atoms with E-state index < -0.39 is 5.54 Å². The maximum atomic E-state index is 11.9. The number of amides is 1. The third-order valence-electron chi connectivity index (χ3n) is 3.41. The van der Waals surface area contributed by atoms with Gasteiger partial charge in [0.1, 0.15) is 0 Å². The van der Waals surface area contributed by atoms with Crippen LogP contribution in [0.2, 0.25) is 0 Å². The van der Waals surface area contributed by atoms with Crippen LogP contribution in [0.1, 0.15) is 40.0 Å². The molecule has 16 heavy (non-hydrogen) atoms. The van der Waals surface area contributed by atoms with E-state index >= 15 is 0 Å². The zero-order chi connectivity index (χ0) is 12.2. The molecule has 0 heterocycles. The van der Waals surface area contributed by atoms with E-state index in [1.807, 2.05) is 20.8 Å². The third-order valence-corrected chi connectivity index (χ3v) is 3.41. The monoisotopic (exact) mass is 228 g/mol. The van der Waals surface area contributed by atoms with E-state index in [9.17, 15) is 4.79 Å². The van der Waals surface area contributed by atoms with Gasteiger partial charge in [0.25, 0.3) is 0 Å². The summed E-state index contributed by atoms with van der Waals surface area (Å²) in [6, 6.07) is 0. The van der Waals surface area contributed by atoms with Crippen molar-refractivity contribution in [1.82, 2.24) is 10.6 Å². The van der Waals surface area contributed by atoms with Crippen LogP contribution in [0, 0.1) is 5.41 Å². The first-order valence-electron chi connectivity index (χ1n) is 6.10. The first-order valence-corrected chi connectivity index (χ1v) is 6.10. The molecule has 1 aliphatic rings. The van der Waals surface area contributed by atoms with E-state index in [1.165, 1.54) is 0 Å². The molecule has 3 N–H and O–H groups in total. The zero-order valence-corrected chi connectivity index (χ0v) is 10.6. The summed E-state index contributed by atoms with van der Waals surface area (Å²) >= 11 is 0. The maximum absolute atomic E-state index is 11.9. The van der Waals surface area contributed by atoms with Gasteiger partial charge < -0.3 is 15.7 Å². The van der Waals surface area contributed by atoms with Gasteiger partial charge in [0.05, 0.1) is 5.54 Å². The van der Waals surface area contributed by atoms with Crippen molar-refractivity contribution in [2.45, 2.75) is 45.6 Å². The number of carbonyl (C=O) groups excluding carboxylic acids is 1. The van der Waals surface area contributed by atoms with Gasteiger partial charge in [-0.15, -0.1) is 0 Å². The molecule has 1 amide bonds. The van der Waals surface area contributed by atoms with Crippen molar-refractivity contribution in [3.63, 3.8) is 0 Å². The average Bonchev–Trinajstić information content (AvgIpc) is 2.95. The van der Waals surface area contributed by atoms with Crippen LogP contribution in [0.3, 0.4) is 0 Å². The van der Waals surface area contributed by atoms with Crippen LogP contribution >= 0.6 is 0 Å². The minimum absolute atomic E-state index is 0.0403. The second kappa shape index (κ2) is 5.15. The van der Waals surface area contributed by atoms with E-state index in [1.54, 1.807) is 0 Å². The van der Waals surface area contributed by atoms with E-state index in [0.717, 1.165) is 25.8 Å². The van der Waals surface area contributed by atoms with Crippen molar-refractivity contribution in [3.05, 3.63) is 0 Å². The van der Waals surface area contributed by atoms with Gasteiger partial charge >= 0.3 is 0 Å². The van der Waals surface area contributed by atoms with E-state index in [2.05, 4.69) is 10.6 Å². The maximum Gasteiger partial charge on any atom is 0.239 e. The molecule has 1 saturated carbocycles. The Morgan fingerprint density at radius 3 is 2.50 bits per heavy atom. The van der Waals surface area contributed by atoms with Gasteiger partial charge in [-0.05, 0) is 45.1 Å². The van der Waals surface area contributed by atoms with Gasteiger partial charge in [-0.2, -0.15) is 0 Å². The minimum Gasteiger partial charge on any atom is -0.396 e. The molecule has 4 heteroatoms. The first-order chi connectivity index (χ1) is 7.46. The van der Waals surface area contributed by atoms with Crippen molar-refractivity contribution < 1.29 is 9.90 Å². The molecule has 1 aliphatic carbocycles. The highest BCUT2D eigenvalue weighted by molar-refractivity contribution is 5.85. The van der Waals surface area contributed by atoms with Crippen molar-refractivity contribution in [3.8, 4) is 0 Å². The highest BCUT2D eigenvalue weighted by atomic mass is 16.3. The van der Waals surface area contributed by atoms with Crippen LogP contribution in [-0.4, -0.2) is 36.2 Å². The molecule has 94 valence electrons. The summed E-state index contributed by atoms with van der Waals surface area (Å²) in [5, 5.41) is 15.1. The second-order valence-corrected chi connectivity index (χ2v) is 5.31. The SMILES string of the molecule is CCNC(C)(C)C(=O)NCC1(CCO)CC1. The molecular weight excluding hydrogens is 204 g/mol. The van der Waals surface area contributed by atoms with Crippen LogP contribution in [0.25, 0.3) is 0 Å². The fourth-order valence-corrected chi connectivity index (χ4v) is 1.94. The van der Waals surface area contributed by atoms with Crippen LogP contribution < -0.4 is 10.6 Å². The highest BCUT2D eigenvalue weighted by Gasteiger charge is 2.42. The molecule has 0 atom stereocenters. The molecule has 0 saturated heterocycles. The van der Waals surface area contributed by atoms with Crippen LogP contribution in [0.4, 0.5) is 0 Å². The zero-order valence-electron chi connectivity index (χ0n) is 10.6. The molecule has 4 nitrogen and oxygen atoms in total. The molecule has 0 aromatic heterocycles. The van der Waals surface area contributed by atoms with Gasteiger partial charge in [-0.25, -0.2) is 0 Å². The Labute approximate surface area is 97.8 Å². The molecule has 0 aliphatic heterocycles. The molecule has 0 bridgehead atoms. The Morgan fingerprint density at radius 2 is 2.06 bits per heavy atom. The summed E-state index contributed by atoms with van der Waals surface area (Å²) < 4.78 is 0. The fourth-order valence-electron chi connectivity index (χ4n) is 1.94. The molecule has 0 spiro atoms. The number of rotatable bonds is 7. The van der Waals surface area contributed by atoms with Gasteiger partial charge in [-0.3, -0.25) is 4.79 Å². The lowest BCUT2D eigenvalue weighted by Crippen LogP contribution is -2.53. The lowest BCUT2D eigenvalue weighted by atomic mass is 10.0. The Kier molecular flexibility index (Phi) is 4.33. The standard InChI is InChI=1S/C12H24N2O2/c1-4-14-11(2,3)10(16)13-9-12(5-6-12)7-8-15/h14-15H,4-9H2,1-3H3,(H,13,16). The van der Waals surface area contributed by atoms with Crippen molar-refractivity contribution in [2.75, 3.05) is 19.7 Å². The van der Waals surface area contributed by atoms with Gasteiger partial charge in [0.2, 0.25) is 5.91 Å². The number of carbonyl (C=O) groups is 1. The first kappa shape index (κ1) is 13.5. The summed E-state index contributed by atoms with van der Waals surface area (Å²) in [6.45, 7) is 7.45. The predicted octanol–water partition coefficient (Wildman–Crippen LogP) is 0.653. The Morgan fingerprint density at radius 1 is 1.44 bits per heavy atom. The second-order valence-electron chi connectivity index (χ2n) is 5.31. The number of nitrogens with one attached hydrogen (secondary N) is 2. The Bertz CT molecular complexity index is 247. The fraction of sp³-hybridized carbons (Fsp3) is 0.917. The quantitative estimate of drug-likeness (QED) is 0.599. The number of hydrogen-bond donors (Lipinski definition) is 3. The van der Waals surface area contributed by atoms with Crippen molar-refractivity contribution in [1.29, 1.82) is 0 Å². The minimum atomic E-state index is -0.510. The van der Waals surface area contributed by atoms with Crippen LogP contribution in [0.5, 0.6) is 0 Å². The van der Waals surface area contributed by atoms with Crippen molar-refractivity contribution in [2.24, 2.45) is 5.41 Å². The molecular formula is C12H24N2O2. The third kappa shape index (κ3) is 3.46.